The third-order valence-corrected chi connectivity index (χ3v) is 7.82. The molecule has 1 aliphatic carbocycles. The molecule has 0 spiro atoms. The molecule has 9 nitrogen and oxygen atoms in total. The molecule has 0 unspecified atom stereocenters. The van der Waals surface area contributed by atoms with Gasteiger partial charge in [-0.2, -0.15) is 5.26 Å². The number of nitrogens with one attached hydrogen (secondary N) is 2. The van der Waals surface area contributed by atoms with E-state index >= 15 is 0 Å². The van der Waals surface area contributed by atoms with Gasteiger partial charge in [-0.05, 0) is 80.3 Å². The average Bonchev–Trinajstić information content (AvgIpc) is 3.02. The summed E-state index contributed by atoms with van der Waals surface area (Å²) >= 11 is 0. The maximum atomic E-state index is 13.2. The van der Waals surface area contributed by atoms with Gasteiger partial charge in [-0.15, -0.1) is 0 Å². The Kier molecular flexibility index (Phi) is 8.61. The lowest BCUT2D eigenvalue weighted by Gasteiger charge is -2.37. The molecule has 1 saturated carbocycles. The fourth-order valence-electron chi connectivity index (χ4n) is 5.39. The first kappa shape index (κ1) is 27.9. The number of hydrogen-bond donors (Lipinski definition) is 3. The molecule has 0 atom stereocenters. The van der Waals surface area contributed by atoms with Gasteiger partial charge in [0.15, 0.2) is 0 Å². The Bertz CT molecular complexity index is 1430. The van der Waals surface area contributed by atoms with E-state index in [1.54, 1.807) is 65.6 Å². The minimum atomic E-state index is -0.264. The van der Waals surface area contributed by atoms with Crippen LogP contribution in [0.3, 0.4) is 0 Å². The van der Waals surface area contributed by atoms with Gasteiger partial charge in [0.25, 0.3) is 17.7 Å². The summed E-state index contributed by atoms with van der Waals surface area (Å²) in [4.78, 5) is 43.2. The third kappa shape index (κ3) is 6.73. The van der Waals surface area contributed by atoms with Crippen LogP contribution in [-0.2, 0) is 0 Å². The third-order valence-electron chi connectivity index (χ3n) is 7.82. The van der Waals surface area contributed by atoms with Crippen molar-refractivity contribution in [1.29, 1.82) is 5.26 Å². The predicted molar refractivity (Wildman–Crippen MR) is 158 cm³/mol. The SMILES string of the molecule is N#Cc1ccc(C(=O)N2CCN(c3ccc(C(=O)NC4CCC(N)CC4)cc3NC(=O)c3ccccc3)CC2)cc1. The van der Waals surface area contributed by atoms with Gasteiger partial charge in [0.1, 0.15) is 0 Å². The van der Waals surface area contributed by atoms with E-state index in [0.29, 0.717) is 54.1 Å². The lowest BCUT2D eigenvalue weighted by Crippen LogP contribution is -2.49. The number of carbonyl (C=O) groups excluding carboxylic acids is 3. The first-order valence-electron chi connectivity index (χ1n) is 14.0. The minimum absolute atomic E-state index is 0.0811. The number of piperazine rings is 1. The number of anilines is 2. The van der Waals surface area contributed by atoms with Crippen molar-refractivity contribution in [1.82, 2.24) is 10.2 Å². The molecule has 4 N–H and O–H groups in total. The van der Waals surface area contributed by atoms with E-state index in [2.05, 4.69) is 21.6 Å². The number of benzene rings is 3. The van der Waals surface area contributed by atoms with Gasteiger partial charge in [-0.3, -0.25) is 14.4 Å². The Balaban J connectivity index is 1.32. The highest BCUT2D eigenvalue weighted by atomic mass is 16.2. The van der Waals surface area contributed by atoms with E-state index in [1.807, 2.05) is 12.1 Å². The van der Waals surface area contributed by atoms with Crippen LogP contribution in [0.4, 0.5) is 11.4 Å². The molecular weight excluding hydrogens is 516 g/mol. The molecule has 0 bridgehead atoms. The topological polar surface area (TPSA) is 132 Å². The van der Waals surface area contributed by atoms with Crippen molar-refractivity contribution in [3.63, 3.8) is 0 Å². The van der Waals surface area contributed by atoms with Crippen molar-refractivity contribution in [3.8, 4) is 6.07 Å². The molecule has 3 amide bonds. The van der Waals surface area contributed by atoms with Crippen molar-refractivity contribution in [2.45, 2.75) is 37.8 Å². The maximum Gasteiger partial charge on any atom is 0.255 e. The molecule has 2 fully saturated rings. The largest absolute Gasteiger partial charge is 0.366 e. The van der Waals surface area contributed by atoms with Gasteiger partial charge in [-0.25, -0.2) is 0 Å². The molecular formula is C32H34N6O3. The summed E-state index contributed by atoms with van der Waals surface area (Å²) in [6.07, 6.45) is 3.49. The zero-order valence-electron chi connectivity index (χ0n) is 22.9. The van der Waals surface area contributed by atoms with Crippen molar-refractivity contribution in [2.75, 3.05) is 36.4 Å². The second kappa shape index (κ2) is 12.7. The van der Waals surface area contributed by atoms with Gasteiger partial charge < -0.3 is 26.2 Å². The summed E-state index contributed by atoms with van der Waals surface area (Å²) in [5.74, 6) is -0.521. The predicted octanol–water partition coefficient (Wildman–Crippen LogP) is 3.77. The van der Waals surface area contributed by atoms with Crippen LogP contribution in [0.1, 0.15) is 62.3 Å². The summed E-state index contributed by atoms with van der Waals surface area (Å²) in [5.41, 5.74) is 9.40. The van der Waals surface area contributed by atoms with Crippen LogP contribution in [0.2, 0.25) is 0 Å². The molecule has 3 aromatic carbocycles. The van der Waals surface area contributed by atoms with E-state index < -0.39 is 0 Å². The zero-order valence-corrected chi connectivity index (χ0v) is 22.9. The lowest BCUT2D eigenvalue weighted by molar-refractivity contribution is 0.0746. The zero-order chi connectivity index (χ0) is 28.8. The number of amides is 3. The summed E-state index contributed by atoms with van der Waals surface area (Å²) in [6, 6.07) is 23.3. The number of nitriles is 1. The molecule has 3 aromatic rings. The smallest absolute Gasteiger partial charge is 0.255 e. The number of hydrogen-bond acceptors (Lipinski definition) is 6. The van der Waals surface area contributed by atoms with E-state index in [-0.39, 0.29) is 29.8 Å². The molecule has 1 aliphatic heterocycles. The Hall–Kier alpha value is -4.68. The van der Waals surface area contributed by atoms with E-state index in [0.717, 1.165) is 31.4 Å². The van der Waals surface area contributed by atoms with Crippen molar-refractivity contribution in [2.24, 2.45) is 5.73 Å². The Morgan fingerprint density at radius 2 is 1.44 bits per heavy atom. The Morgan fingerprint density at radius 3 is 2.10 bits per heavy atom. The number of carbonyl (C=O) groups is 3. The summed E-state index contributed by atoms with van der Waals surface area (Å²) < 4.78 is 0. The maximum absolute atomic E-state index is 13.2. The van der Waals surface area contributed by atoms with Gasteiger partial charge >= 0.3 is 0 Å². The normalized spacial score (nSPS) is 18.7. The molecule has 1 heterocycles. The molecule has 9 heteroatoms. The summed E-state index contributed by atoms with van der Waals surface area (Å²) in [5, 5.41) is 15.2. The quantitative estimate of drug-likeness (QED) is 0.428. The molecule has 41 heavy (non-hydrogen) atoms. The van der Waals surface area contributed by atoms with E-state index in [4.69, 9.17) is 11.0 Å². The summed E-state index contributed by atoms with van der Waals surface area (Å²) in [7, 11) is 0. The fraction of sp³-hybridized carbons (Fsp3) is 0.312. The second-order valence-corrected chi connectivity index (χ2v) is 10.6. The fourth-order valence-corrected chi connectivity index (χ4v) is 5.39. The summed E-state index contributed by atoms with van der Waals surface area (Å²) in [6.45, 7) is 2.11. The molecule has 210 valence electrons. The van der Waals surface area contributed by atoms with E-state index in [1.165, 1.54) is 0 Å². The highest BCUT2D eigenvalue weighted by Crippen LogP contribution is 2.30. The second-order valence-electron chi connectivity index (χ2n) is 10.6. The number of nitrogens with zero attached hydrogens (tertiary/aromatic N) is 3. The van der Waals surface area contributed by atoms with Crippen LogP contribution in [0.25, 0.3) is 0 Å². The average molecular weight is 551 g/mol. The monoisotopic (exact) mass is 550 g/mol. The Labute approximate surface area is 239 Å². The molecule has 0 radical (unpaired) electrons. The van der Waals surface area contributed by atoms with Gasteiger partial charge in [0.05, 0.1) is 23.0 Å². The first-order chi connectivity index (χ1) is 19.9. The molecule has 1 saturated heterocycles. The van der Waals surface area contributed by atoms with Crippen LogP contribution < -0.4 is 21.3 Å². The molecule has 2 aliphatic rings. The van der Waals surface area contributed by atoms with Crippen molar-refractivity contribution < 1.29 is 14.4 Å². The van der Waals surface area contributed by atoms with Gasteiger partial charge in [-0.1, -0.05) is 18.2 Å². The van der Waals surface area contributed by atoms with Gasteiger partial charge in [0, 0.05) is 55.0 Å². The Morgan fingerprint density at radius 1 is 0.780 bits per heavy atom. The van der Waals surface area contributed by atoms with Gasteiger partial charge in [0.2, 0.25) is 0 Å². The standard InChI is InChI=1S/C32H34N6O3/c33-21-22-6-8-24(9-7-22)32(41)38-18-16-37(17-19-38)29-15-10-25(31(40)35-27-13-11-26(34)12-14-27)20-28(29)36-30(39)23-4-2-1-3-5-23/h1-10,15,20,26-27H,11-14,16-19,34H2,(H,35,40)(H,36,39). The van der Waals surface area contributed by atoms with Crippen LogP contribution in [-0.4, -0.2) is 60.9 Å². The first-order valence-corrected chi connectivity index (χ1v) is 14.0. The molecule has 0 aromatic heterocycles. The molecule has 5 rings (SSSR count). The van der Waals surface area contributed by atoms with Crippen molar-refractivity contribution >= 4 is 29.1 Å². The number of nitrogens with two attached hydrogens (primary N) is 1. The van der Waals surface area contributed by atoms with Crippen LogP contribution >= 0.6 is 0 Å². The highest BCUT2D eigenvalue weighted by Gasteiger charge is 2.26. The number of rotatable bonds is 6. The minimum Gasteiger partial charge on any atom is -0.366 e. The highest BCUT2D eigenvalue weighted by molar-refractivity contribution is 6.07. The lowest BCUT2D eigenvalue weighted by atomic mass is 9.91. The van der Waals surface area contributed by atoms with Crippen LogP contribution in [0.5, 0.6) is 0 Å². The van der Waals surface area contributed by atoms with Crippen LogP contribution in [0.15, 0.2) is 72.8 Å². The van der Waals surface area contributed by atoms with Crippen LogP contribution in [0, 0.1) is 11.3 Å². The van der Waals surface area contributed by atoms with E-state index in [9.17, 15) is 14.4 Å². The van der Waals surface area contributed by atoms with Crippen molar-refractivity contribution in [3.05, 3.63) is 95.1 Å².